The second kappa shape index (κ2) is 11.3. The van der Waals surface area contributed by atoms with Gasteiger partial charge in [-0.25, -0.2) is 4.39 Å². The molecule has 1 heterocycles. The summed E-state index contributed by atoms with van der Waals surface area (Å²) in [7, 11) is 1.59. The average molecular weight is 454 g/mol. The van der Waals surface area contributed by atoms with Crippen LogP contribution in [0.1, 0.15) is 18.1 Å². The van der Waals surface area contributed by atoms with E-state index in [4.69, 9.17) is 4.74 Å². The first kappa shape index (κ1) is 24.0. The number of piperazine rings is 1. The molecule has 0 saturated carbocycles. The Morgan fingerprint density at radius 1 is 1.00 bits per heavy atom. The third-order valence-electron chi connectivity index (χ3n) is 5.48. The summed E-state index contributed by atoms with van der Waals surface area (Å²) in [5.41, 5.74) is 1.59. The van der Waals surface area contributed by atoms with Crippen molar-refractivity contribution in [3.63, 3.8) is 0 Å². The number of methoxy groups -OCH3 is 1. The number of nitrogens with zero attached hydrogens (tertiary/aromatic N) is 2. The number of nitrogens with one attached hydrogen (secondary N) is 1. The normalized spacial score (nSPS) is 14.8. The topological polar surface area (TPSA) is 79.0 Å². The molecule has 1 aliphatic heterocycles. The minimum absolute atomic E-state index is 0.0567. The van der Waals surface area contributed by atoms with Crippen LogP contribution in [0.4, 0.5) is 4.39 Å². The van der Waals surface area contributed by atoms with Crippen molar-refractivity contribution in [1.82, 2.24) is 15.1 Å². The summed E-state index contributed by atoms with van der Waals surface area (Å²) in [6, 6.07) is 12.4. The summed E-state index contributed by atoms with van der Waals surface area (Å²) in [5.74, 6) is -0.214. The Hall–Kier alpha value is -3.68. The van der Waals surface area contributed by atoms with E-state index >= 15 is 0 Å². The Balaban J connectivity index is 1.44. The van der Waals surface area contributed by atoms with E-state index in [9.17, 15) is 18.8 Å². The number of hydrogen-bond acceptors (Lipinski definition) is 4. The number of carbonyl (C=O) groups is 3. The van der Waals surface area contributed by atoms with Crippen molar-refractivity contribution in [2.45, 2.75) is 19.4 Å². The Labute approximate surface area is 192 Å². The first-order valence-electron chi connectivity index (χ1n) is 10.8. The maximum atomic E-state index is 13.0. The third kappa shape index (κ3) is 6.90. The van der Waals surface area contributed by atoms with Crippen molar-refractivity contribution < 1.29 is 23.5 Å². The van der Waals surface area contributed by atoms with Crippen molar-refractivity contribution in [3.05, 3.63) is 71.6 Å². The van der Waals surface area contributed by atoms with Gasteiger partial charge in [-0.3, -0.25) is 14.4 Å². The van der Waals surface area contributed by atoms with Gasteiger partial charge in [0.15, 0.2) is 0 Å². The lowest BCUT2D eigenvalue weighted by Gasteiger charge is -2.36. The van der Waals surface area contributed by atoms with Crippen LogP contribution in [0, 0.1) is 5.82 Å². The summed E-state index contributed by atoms with van der Waals surface area (Å²) >= 11 is 0. The molecule has 1 atom stereocenters. The lowest BCUT2D eigenvalue weighted by molar-refractivity contribution is -0.141. The number of rotatable bonds is 7. The summed E-state index contributed by atoms with van der Waals surface area (Å²) in [5, 5.41) is 2.69. The van der Waals surface area contributed by atoms with Gasteiger partial charge >= 0.3 is 0 Å². The van der Waals surface area contributed by atoms with Gasteiger partial charge in [0.05, 0.1) is 13.5 Å². The standard InChI is InChI=1S/C25H28FN3O4/c1-18(27-23(30)12-7-19-5-10-22(33-2)11-6-19)25(32)29-15-13-28(14-16-29)24(31)17-20-3-8-21(26)9-4-20/h3-12,18H,13-17H2,1-2H3,(H,27,30)/b12-7+. The largest absolute Gasteiger partial charge is 0.497 e. The van der Waals surface area contributed by atoms with Crippen LogP contribution in [0.25, 0.3) is 6.08 Å². The van der Waals surface area contributed by atoms with E-state index in [1.165, 1.54) is 18.2 Å². The maximum absolute atomic E-state index is 13.0. The van der Waals surface area contributed by atoms with Crippen LogP contribution in [0.3, 0.4) is 0 Å². The molecule has 0 aliphatic carbocycles. The molecule has 1 fully saturated rings. The quantitative estimate of drug-likeness (QED) is 0.653. The predicted molar refractivity (Wildman–Crippen MR) is 123 cm³/mol. The van der Waals surface area contributed by atoms with Gasteiger partial charge in [0, 0.05) is 32.3 Å². The van der Waals surface area contributed by atoms with Gasteiger partial charge in [0.1, 0.15) is 17.6 Å². The van der Waals surface area contributed by atoms with E-state index in [0.29, 0.717) is 26.2 Å². The highest BCUT2D eigenvalue weighted by molar-refractivity contribution is 5.95. The Kier molecular flexibility index (Phi) is 8.18. The van der Waals surface area contributed by atoms with Crippen LogP contribution in [0.5, 0.6) is 5.75 Å². The van der Waals surface area contributed by atoms with Crippen molar-refractivity contribution in [3.8, 4) is 5.75 Å². The average Bonchev–Trinajstić information content (AvgIpc) is 2.84. The van der Waals surface area contributed by atoms with Crippen molar-refractivity contribution in [1.29, 1.82) is 0 Å². The molecule has 3 rings (SSSR count). The smallest absolute Gasteiger partial charge is 0.244 e. The first-order chi connectivity index (χ1) is 15.9. The van der Waals surface area contributed by atoms with Crippen molar-refractivity contribution in [2.24, 2.45) is 0 Å². The molecule has 7 nitrogen and oxygen atoms in total. The van der Waals surface area contributed by atoms with E-state index in [2.05, 4.69) is 5.32 Å². The summed E-state index contributed by atoms with van der Waals surface area (Å²) in [4.78, 5) is 40.8. The highest BCUT2D eigenvalue weighted by atomic mass is 19.1. The number of hydrogen-bond donors (Lipinski definition) is 1. The van der Waals surface area contributed by atoms with Crippen LogP contribution in [0.2, 0.25) is 0 Å². The van der Waals surface area contributed by atoms with E-state index in [1.807, 2.05) is 12.1 Å². The van der Waals surface area contributed by atoms with Gasteiger partial charge in [-0.2, -0.15) is 0 Å². The lowest BCUT2D eigenvalue weighted by Crippen LogP contribution is -2.55. The SMILES string of the molecule is COc1ccc(/C=C/C(=O)NC(C)C(=O)N2CCN(C(=O)Cc3ccc(F)cc3)CC2)cc1. The van der Waals surface area contributed by atoms with E-state index in [0.717, 1.165) is 16.9 Å². The molecule has 1 N–H and O–H groups in total. The monoisotopic (exact) mass is 453 g/mol. The van der Waals surface area contributed by atoms with Gasteiger partial charge in [-0.05, 0) is 48.4 Å². The summed E-state index contributed by atoms with van der Waals surface area (Å²) < 4.78 is 18.1. The molecule has 33 heavy (non-hydrogen) atoms. The molecule has 3 amide bonds. The van der Waals surface area contributed by atoms with Crippen LogP contribution in [-0.4, -0.2) is 66.9 Å². The number of ether oxygens (including phenoxy) is 1. The van der Waals surface area contributed by atoms with E-state index in [1.54, 1.807) is 54.2 Å². The van der Waals surface area contributed by atoms with Crippen molar-refractivity contribution >= 4 is 23.8 Å². The molecule has 2 aromatic carbocycles. The van der Waals surface area contributed by atoms with Crippen LogP contribution in [0.15, 0.2) is 54.6 Å². The van der Waals surface area contributed by atoms with E-state index < -0.39 is 6.04 Å². The number of amides is 3. The third-order valence-corrected chi connectivity index (χ3v) is 5.48. The number of halogens is 1. The molecule has 1 aliphatic rings. The Morgan fingerprint density at radius 3 is 2.21 bits per heavy atom. The molecule has 174 valence electrons. The highest BCUT2D eigenvalue weighted by Gasteiger charge is 2.27. The molecule has 0 radical (unpaired) electrons. The molecular weight excluding hydrogens is 425 g/mol. The van der Waals surface area contributed by atoms with Crippen molar-refractivity contribution in [2.75, 3.05) is 33.3 Å². The molecule has 0 aromatic heterocycles. The molecule has 1 saturated heterocycles. The maximum Gasteiger partial charge on any atom is 0.244 e. The molecule has 1 unspecified atom stereocenters. The van der Waals surface area contributed by atoms with E-state index in [-0.39, 0.29) is 30.0 Å². The minimum atomic E-state index is -0.681. The van der Waals surface area contributed by atoms with Gasteiger partial charge in [0.2, 0.25) is 17.7 Å². The van der Waals surface area contributed by atoms with Gasteiger partial charge in [0.25, 0.3) is 0 Å². The molecule has 8 heteroatoms. The zero-order valence-corrected chi connectivity index (χ0v) is 18.8. The fourth-order valence-corrected chi connectivity index (χ4v) is 3.55. The Bertz CT molecular complexity index is 997. The molecule has 2 aromatic rings. The number of benzene rings is 2. The first-order valence-corrected chi connectivity index (χ1v) is 10.8. The highest BCUT2D eigenvalue weighted by Crippen LogP contribution is 2.12. The van der Waals surface area contributed by atoms with Gasteiger partial charge < -0.3 is 19.9 Å². The van der Waals surface area contributed by atoms with Gasteiger partial charge in [-0.1, -0.05) is 24.3 Å². The van der Waals surface area contributed by atoms with Gasteiger partial charge in [-0.15, -0.1) is 0 Å². The summed E-state index contributed by atoms with van der Waals surface area (Å²) in [6.07, 6.45) is 3.25. The zero-order valence-electron chi connectivity index (χ0n) is 18.8. The Morgan fingerprint density at radius 2 is 1.61 bits per heavy atom. The predicted octanol–water partition coefficient (Wildman–Crippen LogP) is 2.27. The van der Waals surface area contributed by atoms with Crippen LogP contribution >= 0.6 is 0 Å². The molecule has 0 bridgehead atoms. The second-order valence-corrected chi connectivity index (χ2v) is 7.85. The fourth-order valence-electron chi connectivity index (χ4n) is 3.55. The molecular formula is C25H28FN3O4. The number of carbonyl (C=O) groups excluding carboxylic acids is 3. The zero-order chi connectivity index (χ0) is 23.8. The summed E-state index contributed by atoms with van der Waals surface area (Å²) in [6.45, 7) is 3.28. The molecule has 0 spiro atoms. The van der Waals surface area contributed by atoms with Crippen LogP contribution < -0.4 is 10.1 Å². The van der Waals surface area contributed by atoms with Crippen LogP contribution in [-0.2, 0) is 20.8 Å². The minimum Gasteiger partial charge on any atom is -0.497 e. The second-order valence-electron chi connectivity index (χ2n) is 7.85. The fraction of sp³-hybridized carbons (Fsp3) is 0.320. The lowest BCUT2D eigenvalue weighted by atomic mass is 10.1.